The fraction of sp³-hybridized carbons (Fsp3) is 0.462. The second-order valence-electron chi connectivity index (χ2n) is 4.02. The first-order valence-electron chi connectivity index (χ1n) is 5.68. The number of rotatable bonds is 6. The topological polar surface area (TPSA) is 47.6 Å². The van der Waals surface area contributed by atoms with Crippen molar-refractivity contribution in [3.8, 4) is 0 Å². The molecule has 4 nitrogen and oxygen atoms in total. The fourth-order valence-corrected chi connectivity index (χ4v) is 1.76. The minimum Gasteiger partial charge on any atom is -0.382 e. The van der Waals surface area contributed by atoms with Gasteiger partial charge in [0, 0.05) is 31.2 Å². The molecule has 0 aliphatic heterocycles. The SMILES string of the molecule is COCC(CNC(=O)c1cc(S)ccc1C)OC. The molecule has 0 aromatic heterocycles. The van der Waals surface area contributed by atoms with Crippen LogP contribution in [-0.2, 0) is 9.47 Å². The number of benzene rings is 1. The summed E-state index contributed by atoms with van der Waals surface area (Å²) in [7, 11) is 3.19. The maximum atomic E-state index is 12.0. The summed E-state index contributed by atoms with van der Waals surface area (Å²) in [5.41, 5.74) is 1.56. The van der Waals surface area contributed by atoms with E-state index in [-0.39, 0.29) is 12.0 Å². The number of hydrogen-bond acceptors (Lipinski definition) is 4. The summed E-state index contributed by atoms with van der Waals surface area (Å²) in [6.07, 6.45) is -0.140. The summed E-state index contributed by atoms with van der Waals surface area (Å²) in [6, 6.07) is 5.49. The third kappa shape index (κ3) is 4.33. The minimum atomic E-state index is -0.140. The van der Waals surface area contributed by atoms with Gasteiger partial charge < -0.3 is 14.8 Å². The van der Waals surface area contributed by atoms with Crippen LogP contribution in [0.5, 0.6) is 0 Å². The van der Waals surface area contributed by atoms with Gasteiger partial charge in [0.05, 0.1) is 12.7 Å². The Kier molecular flexibility index (Phi) is 6.18. The Morgan fingerprint density at radius 3 is 2.78 bits per heavy atom. The van der Waals surface area contributed by atoms with E-state index in [4.69, 9.17) is 9.47 Å². The summed E-state index contributed by atoms with van der Waals surface area (Å²) < 4.78 is 10.2. The number of nitrogens with one attached hydrogen (secondary N) is 1. The lowest BCUT2D eigenvalue weighted by Crippen LogP contribution is -2.35. The van der Waals surface area contributed by atoms with Gasteiger partial charge in [0.15, 0.2) is 0 Å². The third-order valence-corrected chi connectivity index (χ3v) is 2.92. The molecule has 0 heterocycles. The molecule has 1 atom stereocenters. The van der Waals surface area contributed by atoms with E-state index in [1.807, 2.05) is 19.1 Å². The Bertz CT molecular complexity index is 409. The van der Waals surface area contributed by atoms with E-state index in [0.29, 0.717) is 18.7 Å². The van der Waals surface area contributed by atoms with E-state index in [1.165, 1.54) is 0 Å². The highest BCUT2D eigenvalue weighted by atomic mass is 32.1. The molecule has 0 saturated carbocycles. The van der Waals surface area contributed by atoms with Crippen molar-refractivity contribution in [2.75, 3.05) is 27.4 Å². The Labute approximate surface area is 113 Å². The number of carbonyl (C=O) groups excluding carboxylic acids is 1. The zero-order chi connectivity index (χ0) is 13.5. The summed E-state index contributed by atoms with van der Waals surface area (Å²) in [5.74, 6) is -0.124. The molecular weight excluding hydrogens is 250 g/mol. The van der Waals surface area contributed by atoms with Crippen LogP contribution in [0.3, 0.4) is 0 Å². The third-order valence-electron chi connectivity index (χ3n) is 2.64. The average Bonchev–Trinajstić information content (AvgIpc) is 2.37. The van der Waals surface area contributed by atoms with E-state index >= 15 is 0 Å². The normalized spacial score (nSPS) is 12.2. The molecule has 0 radical (unpaired) electrons. The van der Waals surface area contributed by atoms with Crippen LogP contribution in [0.2, 0.25) is 0 Å². The van der Waals surface area contributed by atoms with Gasteiger partial charge in [-0.15, -0.1) is 12.6 Å². The Hall–Kier alpha value is -1.04. The van der Waals surface area contributed by atoms with E-state index in [0.717, 1.165) is 10.5 Å². The van der Waals surface area contributed by atoms with Crippen LogP contribution in [0.1, 0.15) is 15.9 Å². The molecule has 1 rings (SSSR count). The lowest BCUT2D eigenvalue weighted by molar-refractivity contribution is 0.0285. The molecular formula is C13H19NO3S. The van der Waals surface area contributed by atoms with Gasteiger partial charge in [-0.1, -0.05) is 6.07 Å². The van der Waals surface area contributed by atoms with Gasteiger partial charge in [-0.25, -0.2) is 0 Å². The van der Waals surface area contributed by atoms with Crippen molar-refractivity contribution in [2.24, 2.45) is 0 Å². The second kappa shape index (κ2) is 7.41. The van der Waals surface area contributed by atoms with Gasteiger partial charge in [-0.05, 0) is 24.6 Å². The first-order valence-corrected chi connectivity index (χ1v) is 6.12. The molecule has 1 aromatic carbocycles. The van der Waals surface area contributed by atoms with E-state index in [1.54, 1.807) is 20.3 Å². The molecule has 1 N–H and O–H groups in total. The predicted molar refractivity (Wildman–Crippen MR) is 73.4 cm³/mol. The molecule has 18 heavy (non-hydrogen) atoms. The Morgan fingerprint density at radius 1 is 1.44 bits per heavy atom. The molecule has 0 spiro atoms. The van der Waals surface area contributed by atoms with Crippen LogP contribution in [0.15, 0.2) is 23.1 Å². The molecule has 1 unspecified atom stereocenters. The van der Waals surface area contributed by atoms with Crippen LogP contribution in [0.25, 0.3) is 0 Å². The highest BCUT2D eigenvalue weighted by molar-refractivity contribution is 7.80. The number of carbonyl (C=O) groups is 1. The van der Waals surface area contributed by atoms with Gasteiger partial charge in [-0.3, -0.25) is 4.79 Å². The monoisotopic (exact) mass is 269 g/mol. The quantitative estimate of drug-likeness (QED) is 0.772. The van der Waals surface area contributed by atoms with Crippen molar-refractivity contribution in [1.82, 2.24) is 5.32 Å². The van der Waals surface area contributed by atoms with E-state index in [2.05, 4.69) is 17.9 Å². The molecule has 1 aromatic rings. The summed E-state index contributed by atoms with van der Waals surface area (Å²) >= 11 is 4.23. The largest absolute Gasteiger partial charge is 0.382 e. The van der Waals surface area contributed by atoms with Crippen molar-refractivity contribution in [2.45, 2.75) is 17.9 Å². The standard InChI is InChI=1S/C13H19NO3S/c1-9-4-5-11(18)6-12(9)13(15)14-7-10(17-3)8-16-2/h4-6,10,18H,7-8H2,1-3H3,(H,14,15). The highest BCUT2D eigenvalue weighted by Crippen LogP contribution is 2.13. The number of methoxy groups -OCH3 is 2. The summed E-state index contributed by atoms with van der Waals surface area (Å²) in [4.78, 5) is 12.8. The lowest BCUT2D eigenvalue weighted by Gasteiger charge is -2.15. The van der Waals surface area contributed by atoms with Crippen molar-refractivity contribution in [1.29, 1.82) is 0 Å². The molecule has 0 bridgehead atoms. The lowest BCUT2D eigenvalue weighted by atomic mass is 10.1. The van der Waals surface area contributed by atoms with Crippen LogP contribution >= 0.6 is 12.6 Å². The zero-order valence-electron chi connectivity index (χ0n) is 10.9. The number of ether oxygens (including phenoxy) is 2. The van der Waals surface area contributed by atoms with Crippen LogP contribution in [0.4, 0.5) is 0 Å². The minimum absolute atomic E-state index is 0.124. The number of thiol groups is 1. The van der Waals surface area contributed by atoms with Gasteiger partial charge in [-0.2, -0.15) is 0 Å². The predicted octanol–water partition coefficient (Wildman–Crippen LogP) is 1.67. The van der Waals surface area contributed by atoms with Gasteiger partial charge in [0.1, 0.15) is 0 Å². The maximum absolute atomic E-state index is 12.0. The van der Waals surface area contributed by atoms with Crippen LogP contribution in [0, 0.1) is 6.92 Å². The van der Waals surface area contributed by atoms with Crippen LogP contribution in [-0.4, -0.2) is 39.4 Å². The van der Waals surface area contributed by atoms with Crippen molar-refractivity contribution in [3.63, 3.8) is 0 Å². The van der Waals surface area contributed by atoms with Crippen molar-refractivity contribution >= 4 is 18.5 Å². The smallest absolute Gasteiger partial charge is 0.251 e. The first kappa shape index (κ1) is 15.0. The number of amides is 1. The summed E-state index contributed by atoms with van der Waals surface area (Å²) in [5, 5.41) is 2.82. The summed E-state index contributed by atoms with van der Waals surface area (Å²) in [6.45, 7) is 2.76. The van der Waals surface area contributed by atoms with Gasteiger partial charge >= 0.3 is 0 Å². The van der Waals surface area contributed by atoms with Crippen LogP contribution < -0.4 is 5.32 Å². The maximum Gasteiger partial charge on any atom is 0.251 e. The molecule has 5 heteroatoms. The van der Waals surface area contributed by atoms with Crippen molar-refractivity contribution < 1.29 is 14.3 Å². The highest BCUT2D eigenvalue weighted by Gasteiger charge is 2.12. The zero-order valence-corrected chi connectivity index (χ0v) is 11.8. The average molecular weight is 269 g/mol. The molecule has 1 amide bonds. The number of aryl methyl sites for hydroxylation is 1. The molecule has 0 aliphatic rings. The Balaban J connectivity index is 2.62. The molecule has 100 valence electrons. The van der Waals surface area contributed by atoms with Gasteiger partial charge in [0.2, 0.25) is 0 Å². The molecule has 0 fully saturated rings. The number of hydrogen-bond donors (Lipinski definition) is 2. The second-order valence-corrected chi connectivity index (χ2v) is 4.54. The molecule has 0 aliphatic carbocycles. The fourth-order valence-electron chi connectivity index (χ4n) is 1.55. The van der Waals surface area contributed by atoms with E-state index < -0.39 is 0 Å². The Morgan fingerprint density at radius 2 is 2.17 bits per heavy atom. The van der Waals surface area contributed by atoms with Gasteiger partial charge in [0.25, 0.3) is 5.91 Å². The van der Waals surface area contributed by atoms with Crippen molar-refractivity contribution in [3.05, 3.63) is 29.3 Å². The van der Waals surface area contributed by atoms with E-state index in [9.17, 15) is 4.79 Å². The molecule has 0 saturated heterocycles. The first-order chi connectivity index (χ1) is 8.58.